The van der Waals surface area contributed by atoms with E-state index in [9.17, 15) is 13.2 Å². The first-order valence-corrected chi connectivity index (χ1v) is 8.97. The highest BCUT2D eigenvalue weighted by Crippen LogP contribution is 2.23. The number of nitrogens with one attached hydrogen (secondary N) is 2. The third-order valence-electron chi connectivity index (χ3n) is 2.83. The fraction of sp³-hybridized carbons (Fsp3) is 0.214. The first kappa shape index (κ1) is 17.8. The molecule has 0 spiro atoms. The van der Waals surface area contributed by atoms with Gasteiger partial charge in [0.15, 0.2) is 0 Å². The van der Waals surface area contributed by atoms with Crippen molar-refractivity contribution in [3.05, 3.63) is 58.0 Å². The standard InChI is InChI=1S/C14H14Cl2N2O4S/c15-12-4-3-10(6-13(12)16)9-23(20,21)18-8-14(19)17-7-11-2-1-5-22-11/h1-6,18H,7-9H2,(H,17,19). The molecule has 0 bridgehead atoms. The van der Waals surface area contributed by atoms with Crippen molar-refractivity contribution >= 4 is 39.1 Å². The van der Waals surface area contributed by atoms with E-state index in [4.69, 9.17) is 27.6 Å². The van der Waals surface area contributed by atoms with Crippen molar-refractivity contribution < 1.29 is 17.6 Å². The molecule has 0 aliphatic rings. The molecule has 1 aromatic heterocycles. The van der Waals surface area contributed by atoms with Gasteiger partial charge < -0.3 is 9.73 Å². The summed E-state index contributed by atoms with van der Waals surface area (Å²) in [4.78, 5) is 11.6. The summed E-state index contributed by atoms with van der Waals surface area (Å²) in [5.41, 5.74) is 0.475. The zero-order chi connectivity index (χ0) is 16.9. The van der Waals surface area contributed by atoms with Crippen LogP contribution in [0.1, 0.15) is 11.3 Å². The quantitative estimate of drug-likeness (QED) is 0.775. The molecule has 124 valence electrons. The Morgan fingerprint density at radius 1 is 1.17 bits per heavy atom. The van der Waals surface area contributed by atoms with Crippen LogP contribution in [0.4, 0.5) is 0 Å². The molecule has 2 rings (SSSR count). The van der Waals surface area contributed by atoms with Crippen LogP contribution in [0.2, 0.25) is 10.0 Å². The van der Waals surface area contributed by atoms with E-state index in [0.717, 1.165) is 0 Å². The van der Waals surface area contributed by atoms with Crippen molar-refractivity contribution in [3.8, 4) is 0 Å². The lowest BCUT2D eigenvalue weighted by molar-refractivity contribution is -0.120. The number of amides is 1. The van der Waals surface area contributed by atoms with Crippen LogP contribution in [-0.4, -0.2) is 20.9 Å². The van der Waals surface area contributed by atoms with Crippen LogP contribution in [0.25, 0.3) is 0 Å². The average molecular weight is 377 g/mol. The maximum Gasteiger partial charge on any atom is 0.235 e. The van der Waals surface area contributed by atoms with Crippen LogP contribution in [0.15, 0.2) is 41.0 Å². The molecule has 0 radical (unpaired) electrons. The number of carbonyl (C=O) groups excluding carboxylic acids is 1. The van der Waals surface area contributed by atoms with Crippen LogP contribution >= 0.6 is 23.2 Å². The number of sulfonamides is 1. The summed E-state index contributed by atoms with van der Waals surface area (Å²) in [6.45, 7) is -0.162. The molecule has 2 aromatic rings. The van der Waals surface area contributed by atoms with E-state index in [1.807, 2.05) is 0 Å². The summed E-state index contributed by atoms with van der Waals surface area (Å²) in [7, 11) is -3.67. The molecular weight excluding hydrogens is 363 g/mol. The number of furan rings is 1. The Bertz CT molecular complexity index is 776. The van der Waals surface area contributed by atoms with Crippen molar-refractivity contribution in [2.45, 2.75) is 12.3 Å². The first-order chi connectivity index (χ1) is 10.9. The number of hydrogen-bond acceptors (Lipinski definition) is 4. The van der Waals surface area contributed by atoms with E-state index in [1.54, 1.807) is 18.2 Å². The number of carbonyl (C=O) groups is 1. The molecule has 1 aromatic carbocycles. The Labute approximate surface area is 143 Å². The van der Waals surface area contributed by atoms with Gasteiger partial charge in [0.25, 0.3) is 0 Å². The Kier molecular flexibility index (Phi) is 6.06. The van der Waals surface area contributed by atoms with Crippen LogP contribution < -0.4 is 10.0 Å². The van der Waals surface area contributed by atoms with Crippen LogP contribution in [0.3, 0.4) is 0 Å². The van der Waals surface area contributed by atoms with Crippen molar-refractivity contribution in [1.29, 1.82) is 0 Å². The summed E-state index contributed by atoms with van der Waals surface area (Å²) in [6.07, 6.45) is 1.49. The summed E-state index contributed by atoms with van der Waals surface area (Å²) in [5, 5.41) is 3.16. The van der Waals surface area contributed by atoms with Gasteiger partial charge in [-0.25, -0.2) is 13.1 Å². The second kappa shape index (κ2) is 7.83. The summed E-state index contributed by atoms with van der Waals surface area (Å²) in [5.74, 6) is -0.175. The molecule has 0 unspecified atom stereocenters. The lowest BCUT2D eigenvalue weighted by Gasteiger charge is -2.08. The van der Waals surface area contributed by atoms with E-state index in [2.05, 4.69) is 10.0 Å². The maximum absolute atomic E-state index is 11.9. The Morgan fingerprint density at radius 2 is 1.96 bits per heavy atom. The Morgan fingerprint density at radius 3 is 2.61 bits per heavy atom. The van der Waals surface area contributed by atoms with Gasteiger partial charge in [-0.3, -0.25) is 4.79 Å². The first-order valence-electron chi connectivity index (χ1n) is 6.56. The summed E-state index contributed by atoms with van der Waals surface area (Å²) < 4.78 is 31.2. The van der Waals surface area contributed by atoms with Gasteiger partial charge in [-0.15, -0.1) is 0 Å². The highest BCUT2D eigenvalue weighted by atomic mass is 35.5. The van der Waals surface area contributed by atoms with Gasteiger partial charge in [0.05, 0.1) is 35.2 Å². The minimum Gasteiger partial charge on any atom is -0.467 e. The molecule has 6 nitrogen and oxygen atoms in total. The van der Waals surface area contributed by atoms with E-state index >= 15 is 0 Å². The van der Waals surface area contributed by atoms with E-state index in [-0.39, 0.29) is 23.9 Å². The SMILES string of the molecule is O=C(CNS(=O)(=O)Cc1ccc(Cl)c(Cl)c1)NCc1ccco1. The van der Waals surface area contributed by atoms with Gasteiger partial charge in [-0.1, -0.05) is 29.3 Å². The number of rotatable bonds is 7. The molecule has 2 N–H and O–H groups in total. The van der Waals surface area contributed by atoms with Gasteiger partial charge in [-0.05, 0) is 29.8 Å². The van der Waals surface area contributed by atoms with E-state index in [0.29, 0.717) is 16.3 Å². The smallest absolute Gasteiger partial charge is 0.235 e. The number of benzene rings is 1. The van der Waals surface area contributed by atoms with Crippen molar-refractivity contribution in [2.24, 2.45) is 0 Å². The molecule has 9 heteroatoms. The lowest BCUT2D eigenvalue weighted by Crippen LogP contribution is -2.37. The van der Waals surface area contributed by atoms with Crippen molar-refractivity contribution in [1.82, 2.24) is 10.0 Å². The largest absolute Gasteiger partial charge is 0.467 e. The highest BCUT2D eigenvalue weighted by molar-refractivity contribution is 7.88. The van der Waals surface area contributed by atoms with Crippen LogP contribution in [0.5, 0.6) is 0 Å². The van der Waals surface area contributed by atoms with Gasteiger partial charge in [0, 0.05) is 0 Å². The fourth-order valence-electron chi connectivity index (χ4n) is 1.74. The van der Waals surface area contributed by atoms with Crippen molar-refractivity contribution in [2.75, 3.05) is 6.54 Å². The van der Waals surface area contributed by atoms with Gasteiger partial charge in [-0.2, -0.15) is 0 Å². The predicted molar refractivity (Wildman–Crippen MR) is 87.6 cm³/mol. The van der Waals surface area contributed by atoms with Crippen LogP contribution in [0, 0.1) is 0 Å². The monoisotopic (exact) mass is 376 g/mol. The number of hydrogen-bond donors (Lipinski definition) is 2. The minimum absolute atomic E-state index is 0.195. The fourth-order valence-corrected chi connectivity index (χ4v) is 3.13. The molecule has 0 saturated carbocycles. The molecule has 1 heterocycles. The zero-order valence-corrected chi connectivity index (χ0v) is 14.2. The van der Waals surface area contributed by atoms with Gasteiger partial charge >= 0.3 is 0 Å². The van der Waals surface area contributed by atoms with Crippen molar-refractivity contribution in [3.63, 3.8) is 0 Å². The lowest BCUT2D eigenvalue weighted by atomic mass is 10.2. The van der Waals surface area contributed by atoms with Gasteiger partial charge in [0.1, 0.15) is 5.76 Å². The molecule has 23 heavy (non-hydrogen) atoms. The molecule has 1 amide bonds. The summed E-state index contributed by atoms with van der Waals surface area (Å²) >= 11 is 11.6. The zero-order valence-electron chi connectivity index (χ0n) is 11.9. The molecule has 0 fully saturated rings. The average Bonchev–Trinajstić information content (AvgIpc) is 3.00. The normalized spacial score (nSPS) is 11.4. The maximum atomic E-state index is 11.9. The third kappa shape index (κ3) is 5.87. The van der Waals surface area contributed by atoms with Crippen LogP contribution in [-0.2, 0) is 27.1 Å². The molecule has 0 atom stereocenters. The topological polar surface area (TPSA) is 88.4 Å². The Hall–Kier alpha value is -1.54. The van der Waals surface area contributed by atoms with E-state index < -0.39 is 15.9 Å². The second-order valence-electron chi connectivity index (χ2n) is 4.68. The highest BCUT2D eigenvalue weighted by Gasteiger charge is 2.14. The van der Waals surface area contributed by atoms with Gasteiger partial charge in [0.2, 0.25) is 15.9 Å². The summed E-state index contributed by atoms with van der Waals surface area (Å²) in [6, 6.07) is 7.95. The molecule has 0 aliphatic heterocycles. The van der Waals surface area contributed by atoms with E-state index in [1.165, 1.54) is 18.4 Å². The molecule has 0 saturated heterocycles. The predicted octanol–water partition coefficient (Wildman–Crippen LogP) is 2.32. The minimum atomic E-state index is -3.67. The number of halogens is 2. The molecule has 0 aliphatic carbocycles. The second-order valence-corrected chi connectivity index (χ2v) is 7.31. The molecular formula is C14H14Cl2N2O4S. The third-order valence-corrected chi connectivity index (χ3v) is 4.87. The Balaban J connectivity index is 1.83.